The van der Waals surface area contributed by atoms with Crippen molar-refractivity contribution in [3.05, 3.63) is 74.6 Å². The van der Waals surface area contributed by atoms with E-state index >= 15 is 0 Å². The lowest BCUT2D eigenvalue weighted by molar-refractivity contribution is -0.384. The molecule has 3 rings (SSSR count). The van der Waals surface area contributed by atoms with Crippen LogP contribution in [0.5, 0.6) is 0 Å². The Morgan fingerprint density at radius 1 is 1.19 bits per heavy atom. The van der Waals surface area contributed by atoms with Gasteiger partial charge in [-0.3, -0.25) is 24.3 Å². The van der Waals surface area contributed by atoms with Crippen LogP contribution in [-0.4, -0.2) is 20.4 Å². The summed E-state index contributed by atoms with van der Waals surface area (Å²) in [7, 11) is 0. The Morgan fingerprint density at radius 2 is 1.85 bits per heavy atom. The van der Waals surface area contributed by atoms with Crippen LogP contribution in [0.15, 0.2) is 41.5 Å². The highest BCUT2D eigenvalue weighted by molar-refractivity contribution is 5.90. The zero-order chi connectivity index (χ0) is 19.7. The number of aromatic nitrogens is 2. The summed E-state index contributed by atoms with van der Waals surface area (Å²) in [5.41, 5.74) is -1.17. The fourth-order valence-corrected chi connectivity index (χ4v) is 2.36. The molecule has 27 heavy (non-hydrogen) atoms. The SMILES string of the molecule is O=C(Cn1cnc2ccc([N+](=O)[O-])cc2c1=O)Nc1cc(F)c(F)c(F)c1. The number of rotatable bonds is 4. The van der Waals surface area contributed by atoms with Crippen molar-refractivity contribution in [3.63, 3.8) is 0 Å². The molecule has 0 radical (unpaired) electrons. The number of anilines is 1. The van der Waals surface area contributed by atoms with E-state index in [4.69, 9.17) is 0 Å². The summed E-state index contributed by atoms with van der Waals surface area (Å²) in [6.07, 6.45) is 1.06. The maximum atomic E-state index is 13.2. The van der Waals surface area contributed by atoms with E-state index in [9.17, 15) is 32.9 Å². The Balaban J connectivity index is 1.87. The van der Waals surface area contributed by atoms with Gasteiger partial charge in [0.05, 0.1) is 22.2 Å². The fraction of sp³-hybridized carbons (Fsp3) is 0.0625. The van der Waals surface area contributed by atoms with Gasteiger partial charge in [-0.05, 0) is 6.07 Å². The smallest absolute Gasteiger partial charge is 0.270 e. The largest absolute Gasteiger partial charge is 0.324 e. The van der Waals surface area contributed by atoms with Crippen molar-refractivity contribution in [1.82, 2.24) is 9.55 Å². The third-order valence-corrected chi connectivity index (χ3v) is 3.60. The van der Waals surface area contributed by atoms with Crippen LogP contribution in [0.2, 0.25) is 0 Å². The average molecular weight is 378 g/mol. The lowest BCUT2D eigenvalue weighted by Gasteiger charge is -2.08. The summed E-state index contributed by atoms with van der Waals surface area (Å²) in [6.45, 7) is -0.578. The molecule has 0 aliphatic carbocycles. The van der Waals surface area contributed by atoms with Crippen LogP contribution in [0, 0.1) is 27.6 Å². The van der Waals surface area contributed by atoms with E-state index in [1.165, 1.54) is 12.1 Å². The minimum Gasteiger partial charge on any atom is -0.324 e. The zero-order valence-corrected chi connectivity index (χ0v) is 13.3. The van der Waals surface area contributed by atoms with Crippen LogP contribution in [0.25, 0.3) is 10.9 Å². The van der Waals surface area contributed by atoms with Gasteiger partial charge >= 0.3 is 0 Å². The van der Waals surface area contributed by atoms with Crippen LogP contribution in [-0.2, 0) is 11.3 Å². The van der Waals surface area contributed by atoms with Crippen molar-refractivity contribution >= 4 is 28.2 Å². The van der Waals surface area contributed by atoms with Gasteiger partial charge in [-0.15, -0.1) is 0 Å². The lowest BCUT2D eigenvalue weighted by atomic mass is 10.2. The highest BCUT2D eigenvalue weighted by Gasteiger charge is 2.15. The molecule has 0 saturated heterocycles. The molecule has 1 heterocycles. The van der Waals surface area contributed by atoms with E-state index < -0.39 is 40.4 Å². The van der Waals surface area contributed by atoms with Gasteiger partial charge in [0.15, 0.2) is 17.5 Å². The van der Waals surface area contributed by atoms with Gasteiger partial charge in [-0.1, -0.05) is 0 Å². The molecule has 1 amide bonds. The highest BCUT2D eigenvalue weighted by Crippen LogP contribution is 2.18. The predicted molar refractivity (Wildman–Crippen MR) is 87.6 cm³/mol. The Kier molecular flexibility index (Phi) is 4.59. The van der Waals surface area contributed by atoms with Crippen LogP contribution in [0.1, 0.15) is 0 Å². The molecule has 0 bridgehead atoms. The second-order valence-corrected chi connectivity index (χ2v) is 5.44. The third kappa shape index (κ3) is 3.61. The Morgan fingerprint density at radius 3 is 2.48 bits per heavy atom. The quantitative estimate of drug-likeness (QED) is 0.426. The molecule has 2 aromatic carbocycles. The molecule has 1 N–H and O–H groups in total. The van der Waals surface area contributed by atoms with Crippen molar-refractivity contribution < 1.29 is 22.9 Å². The number of nitro benzene ring substituents is 1. The Labute approximate surface area is 148 Å². The number of fused-ring (bicyclic) bond motifs is 1. The normalized spacial score (nSPS) is 10.8. The van der Waals surface area contributed by atoms with E-state index in [1.807, 2.05) is 0 Å². The number of nitrogens with zero attached hydrogens (tertiary/aromatic N) is 3. The number of carbonyl (C=O) groups is 1. The third-order valence-electron chi connectivity index (χ3n) is 3.60. The lowest BCUT2D eigenvalue weighted by Crippen LogP contribution is -2.28. The molecule has 11 heteroatoms. The number of amides is 1. The number of benzene rings is 2. The first kappa shape index (κ1) is 18.0. The maximum absolute atomic E-state index is 13.2. The van der Waals surface area contributed by atoms with Crippen molar-refractivity contribution in [1.29, 1.82) is 0 Å². The fourth-order valence-electron chi connectivity index (χ4n) is 2.36. The van der Waals surface area contributed by atoms with Crippen LogP contribution < -0.4 is 10.9 Å². The van der Waals surface area contributed by atoms with Gasteiger partial charge in [0.2, 0.25) is 5.91 Å². The van der Waals surface area contributed by atoms with Gasteiger partial charge in [-0.2, -0.15) is 0 Å². The van der Waals surface area contributed by atoms with Crippen LogP contribution >= 0.6 is 0 Å². The van der Waals surface area contributed by atoms with Crippen LogP contribution in [0.4, 0.5) is 24.5 Å². The van der Waals surface area contributed by atoms with E-state index in [0.717, 1.165) is 17.0 Å². The summed E-state index contributed by atoms with van der Waals surface area (Å²) in [6, 6.07) is 4.68. The molecule has 0 unspecified atom stereocenters. The number of halogens is 3. The van der Waals surface area contributed by atoms with Crippen LogP contribution in [0.3, 0.4) is 0 Å². The number of hydrogen-bond acceptors (Lipinski definition) is 5. The van der Waals surface area contributed by atoms with Crippen molar-refractivity contribution in [2.45, 2.75) is 6.54 Å². The summed E-state index contributed by atoms with van der Waals surface area (Å²) >= 11 is 0. The molecule has 1 aromatic heterocycles. The van der Waals surface area contributed by atoms with Gasteiger partial charge in [-0.25, -0.2) is 18.2 Å². The van der Waals surface area contributed by atoms with Gasteiger partial charge in [0.1, 0.15) is 6.54 Å². The second kappa shape index (κ2) is 6.86. The minimum absolute atomic E-state index is 0.0710. The van der Waals surface area contributed by atoms with Crippen molar-refractivity contribution in [2.75, 3.05) is 5.32 Å². The second-order valence-electron chi connectivity index (χ2n) is 5.44. The zero-order valence-electron chi connectivity index (χ0n) is 13.3. The number of hydrogen-bond donors (Lipinski definition) is 1. The molecule has 0 spiro atoms. The summed E-state index contributed by atoms with van der Waals surface area (Å²) < 4.78 is 40.1. The van der Waals surface area contributed by atoms with E-state index in [1.54, 1.807) is 0 Å². The van der Waals surface area contributed by atoms with Gasteiger partial charge in [0, 0.05) is 30.0 Å². The van der Waals surface area contributed by atoms with Gasteiger partial charge in [0.25, 0.3) is 11.2 Å². The number of non-ortho nitro benzene ring substituents is 1. The first-order valence-corrected chi connectivity index (χ1v) is 7.34. The molecule has 0 fully saturated rings. The first-order chi connectivity index (χ1) is 12.8. The van der Waals surface area contributed by atoms with E-state index in [0.29, 0.717) is 12.1 Å². The monoisotopic (exact) mass is 378 g/mol. The molecule has 3 aromatic rings. The predicted octanol–water partition coefficient (Wildman–Crippen LogP) is 2.36. The van der Waals surface area contributed by atoms with E-state index in [-0.39, 0.29) is 22.3 Å². The summed E-state index contributed by atoms with van der Waals surface area (Å²) in [4.78, 5) is 38.5. The number of nitrogens with one attached hydrogen (secondary N) is 1. The molecular weight excluding hydrogens is 369 g/mol. The molecule has 0 atom stereocenters. The molecule has 8 nitrogen and oxygen atoms in total. The topological polar surface area (TPSA) is 107 Å². The molecule has 0 aliphatic heterocycles. The van der Waals surface area contributed by atoms with Gasteiger partial charge < -0.3 is 5.32 Å². The molecular formula is C16H9F3N4O4. The first-order valence-electron chi connectivity index (χ1n) is 7.34. The number of carbonyl (C=O) groups excluding carboxylic acids is 1. The molecule has 0 saturated carbocycles. The molecule has 138 valence electrons. The maximum Gasteiger partial charge on any atom is 0.270 e. The minimum atomic E-state index is -1.68. The standard InChI is InChI=1S/C16H9F3N4O4/c17-11-3-8(4-12(18)15(11)19)21-14(24)6-22-7-20-13-2-1-9(23(26)27)5-10(13)16(22)25/h1-5,7H,6H2,(H,21,24). The average Bonchev–Trinajstić information content (AvgIpc) is 2.61. The van der Waals surface area contributed by atoms with Crippen molar-refractivity contribution in [2.24, 2.45) is 0 Å². The highest BCUT2D eigenvalue weighted by atomic mass is 19.2. The Bertz CT molecular complexity index is 1120. The van der Waals surface area contributed by atoms with E-state index in [2.05, 4.69) is 10.3 Å². The summed E-state index contributed by atoms with van der Waals surface area (Å²) in [5, 5.41) is 12.9. The molecule has 0 aliphatic rings. The Hall–Kier alpha value is -3.76. The number of nitro groups is 1. The summed E-state index contributed by atoms with van der Waals surface area (Å²) in [5.74, 6) is -5.48. The van der Waals surface area contributed by atoms with Crippen molar-refractivity contribution in [3.8, 4) is 0 Å².